The van der Waals surface area contributed by atoms with Crippen molar-refractivity contribution < 1.29 is 19.8 Å². The maximum atomic E-state index is 9.55. The Balaban J connectivity index is 0.000000362. The molecule has 2 N–H and O–H groups in total. The molecular formula is C14H25NO4. The van der Waals surface area contributed by atoms with E-state index in [9.17, 15) is 9.59 Å². The van der Waals surface area contributed by atoms with Crippen molar-refractivity contribution >= 4 is 11.9 Å². The Morgan fingerprint density at radius 3 is 1.95 bits per heavy atom. The predicted molar refractivity (Wildman–Crippen MR) is 74.2 cm³/mol. The molecule has 0 spiro atoms. The van der Waals surface area contributed by atoms with Crippen LogP contribution in [0.5, 0.6) is 0 Å². The van der Waals surface area contributed by atoms with Gasteiger partial charge < -0.3 is 15.1 Å². The summed E-state index contributed by atoms with van der Waals surface area (Å²) in [6.07, 6.45) is 9.64. The fourth-order valence-electron chi connectivity index (χ4n) is 1.91. The number of carboxylic acid groups (broad SMARTS) is 2. The van der Waals surface area contributed by atoms with Crippen molar-refractivity contribution in [2.24, 2.45) is 0 Å². The van der Waals surface area contributed by atoms with Gasteiger partial charge in [-0.05, 0) is 38.9 Å². The van der Waals surface area contributed by atoms with Crippen LogP contribution in [0.1, 0.15) is 45.4 Å². The van der Waals surface area contributed by atoms with Crippen molar-refractivity contribution in [3.8, 4) is 0 Å². The molecule has 1 heterocycles. The van der Waals surface area contributed by atoms with Crippen LogP contribution in [0.15, 0.2) is 12.2 Å². The number of likely N-dealkylation sites (tertiary alicyclic amines) is 1. The summed E-state index contributed by atoms with van der Waals surface area (Å²) in [5.41, 5.74) is 0. The molecule has 1 aliphatic rings. The summed E-state index contributed by atoms with van der Waals surface area (Å²) in [5.74, 6) is -2.51. The van der Waals surface area contributed by atoms with Gasteiger partial charge in [0.1, 0.15) is 0 Å². The monoisotopic (exact) mass is 271 g/mol. The summed E-state index contributed by atoms with van der Waals surface area (Å²) < 4.78 is 0. The van der Waals surface area contributed by atoms with E-state index in [1.165, 1.54) is 58.2 Å². The summed E-state index contributed by atoms with van der Waals surface area (Å²) >= 11 is 0. The molecule has 0 aromatic carbocycles. The Kier molecular flexibility index (Phi) is 10.9. The second-order valence-corrected chi connectivity index (χ2v) is 4.62. The molecule has 0 aliphatic carbocycles. The molecule has 1 aliphatic heterocycles. The van der Waals surface area contributed by atoms with Gasteiger partial charge in [-0.1, -0.05) is 26.2 Å². The van der Waals surface area contributed by atoms with Gasteiger partial charge in [0, 0.05) is 12.2 Å². The van der Waals surface area contributed by atoms with Crippen LogP contribution in [0.2, 0.25) is 0 Å². The summed E-state index contributed by atoms with van der Waals surface area (Å²) in [5, 5.41) is 15.6. The Labute approximate surface area is 114 Å². The third-order valence-electron chi connectivity index (χ3n) is 2.90. The van der Waals surface area contributed by atoms with Gasteiger partial charge in [0.25, 0.3) is 0 Å². The second kappa shape index (κ2) is 11.7. The Hall–Kier alpha value is -1.36. The average Bonchev–Trinajstić information content (AvgIpc) is 2.86. The van der Waals surface area contributed by atoms with Crippen LogP contribution in [0.3, 0.4) is 0 Å². The molecule has 1 rings (SSSR count). The van der Waals surface area contributed by atoms with Crippen LogP contribution in [0.4, 0.5) is 0 Å². The van der Waals surface area contributed by atoms with E-state index < -0.39 is 11.9 Å². The predicted octanol–water partition coefficient (Wildman–Crippen LogP) is 2.37. The smallest absolute Gasteiger partial charge is 0.328 e. The van der Waals surface area contributed by atoms with E-state index in [0.29, 0.717) is 12.2 Å². The van der Waals surface area contributed by atoms with Gasteiger partial charge >= 0.3 is 11.9 Å². The SMILES string of the molecule is CCCCCCN1CCCC1.O=C(O)C=CC(=O)O. The van der Waals surface area contributed by atoms with Gasteiger partial charge in [-0.3, -0.25) is 0 Å². The molecule has 0 aromatic rings. The molecule has 0 aromatic heterocycles. The first-order chi connectivity index (χ1) is 9.06. The summed E-state index contributed by atoms with van der Waals surface area (Å²) in [6, 6.07) is 0. The number of rotatable bonds is 7. The largest absolute Gasteiger partial charge is 0.478 e. The minimum atomic E-state index is -1.26. The lowest BCUT2D eigenvalue weighted by molar-refractivity contribution is -0.134. The fourth-order valence-corrected chi connectivity index (χ4v) is 1.91. The van der Waals surface area contributed by atoms with E-state index in [1.807, 2.05) is 0 Å². The van der Waals surface area contributed by atoms with E-state index in [0.717, 1.165) is 0 Å². The van der Waals surface area contributed by atoms with Gasteiger partial charge in [0.15, 0.2) is 0 Å². The van der Waals surface area contributed by atoms with Gasteiger partial charge in [-0.2, -0.15) is 0 Å². The minimum Gasteiger partial charge on any atom is -0.478 e. The molecular weight excluding hydrogens is 246 g/mol. The molecule has 5 nitrogen and oxygen atoms in total. The van der Waals surface area contributed by atoms with Gasteiger partial charge in [-0.15, -0.1) is 0 Å². The first kappa shape index (κ1) is 17.6. The van der Waals surface area contributed by atoms with Gasteiger partial charge in [0.2, 0.25) is 0 Å². The van der Waals surface area contributed by atoms with Crippen LogP contribution in [0, 0.1) is 0 Å². The highest BCUT2D eigenvalue weighted by molar-refractivity contribution is 5.89. The van der Waals surface area contributed by atoms with E-state index in [-0.39, 0.29) is 0 Å². The van der Waals surface area contributed by atoms with Crippen LogP contribution in [-0.4, -0.2) is 46.7 Å². The molecule has 5 heteroatoms. The van der Waals surface area contributed by atoms with Crippen molar-refractivity contribution in [3.05, 3.63) is 12.2 Å². The molecule has 0 unspecified atom stereocenters. The Morgan fingerprint density at radius 2 is 1.53 bits per heavy atom. The lowest BCUT2D eigenvalue weighted by Gasteiger charge is -2.13. The van der Waals surface area contributed by atoms with Crippen LogP contribution >= 0.6 is 0 Å². The summed E-state index contributed by atoms with van der Waals surface area (Å²) in [7, 11) is 0. The molecule has 0 saturated carbocycles. The highest BCUT2D eigenvalue weighted by Crippen LogP contribution is 2.09. The van der Waals surface area contributed by atoms with Crippen LogP contribution in [-0.2, 0) is 9.59 Å². The molecule has 0 bridgehead atoms. The van der Waals surface area contributed by atoms with E-state index in [2.05, 4.69) is 11.8 Å². The molecule has 0 radical (unpaired) electrons. The van der Waals surface area contributed by atoms with E-state index in [4.69, 9.17) is 10.2 Å². The van der Waals surface area contributed by atoms with E-state index >= 15 is 0 Å². The zero-order valence-electron chi connectivity index (χ0n) is 11.7. The molecule has 110 valence electrons. The first-order valence-corrected chi connectivity index (χ1v) is 6.92. The van der Waals surface area contributed by atoms with Crippen molar-refractivity contribution in [3.63, 3.8) is 0 Å². The van der Waals surface area contributed by atoms with Crippen molar-refractivity contribution in [1.29, 1.82) is 0 Å². The highest BCUT2D eigenvalue weighted by atomic mass is 16.4. The topological polar surface area (TPSA) is 77.8 Å². The number of hydrogen-bond donors (Lipinski definition) is 2. The van der Waals surface area contributed by atoms with Crippen molar-refractivity contribution in [1.82, 2.24) is 4.90 Å². The van der Waals surface area contributed by atoms with Gasteiger partial charge in [-0.25, -0.2) is 9.59 Å². The van der Waals surface area contributed by atoms with Crippen molar-refractivity contribution in [2.45, 2.75) is 45.4 Å². The lowest BCUT2D eigenvalue weighted by Crippen LogP contribution is -2.20. The number of unbranched alkanes of at least 4 members (excludes halogenated alkanes) is 3. The molecule has 0 amide bonds. The number of nitrogens with zero attached hydrogens (tertiary/aromatic N) is 1. The molecule has 1 fully saturated rings. The standard InChI is InChI=1S/C10H21N.C4H4O4/c1-2-3-4-5-8-11-9-6-7-10-11;5-3(6)1-2-4(7)8/h2-10H2,1H3;1-2H,(H,5,6)(H,7,8). The first-order valence-electron chi connectivity index (χ1n) is 6.92. The third kappa shape index (κ3) is 12.9. The maximum Gasteiger partial charge on any atom is 0.328 e. The molecule has 19 heavy (non-hydrogen) atoms. The summed E-state index contributed by atoms with van der Waals surface area (Å²) in [6.45, 7) is 6.37. The lowest BCUT2D eigenvalue weighted by atomic mass is 10.2. The van der Waals surface area contributed by atoms with Crippen LogP contribution in [0.25, 0.3) is 0 Å². The van der Waals surface area contributed by atoms with E-state index in [1.54, 1.807) is 0 Å². The molecule has 1 saturated heterocycles. The van der Waals surface area contributed by atoms with Crippen molar-refractivity contribution in [2.75, 3.05) is 19.6 Å². The average molecular weight is 271 g/mol. The zero-order valence-corrected chi connectivity index (χ0v) is 11.7. The number of carbonyl (C=O) groups is 2. The summed E-state index contributed by atoms with van der Waals surface area (Å²) in [4.78, 5) is 21.7. The normalized spacial score (nSPS) is 15.2. The Morgan fingerprint density at radius 1 is 1.00 bits per heavy atom. The number of carboxylic acids is 2. The van der Waals surface area contributed by atoms with Gasteiger partial charge in [0.05, 0.1) is 0 Å². The molecule has 0 atom stereocenters. The number of aliphatic carboxylic acids is 2. The quantitative estimate of drug-likeness (QED) is 0.549. The fraction of sp³-hybridized carbons (Fsp3) is 0.714. The maximum absolute atomic E-state index is 9.55. The minimum absolute atomic E-state index is 0.558. The zero-order chi connectivity index (χ0) is 14.5. The third-order valence-corrected chi connectivity index (χ3v) is 2.90. The van der Waals surface area contributed by atoms with Crippen LogP contribution < -0.4 is 0 Å². The second-order valence-electron chi connectivity index (χ2n) is 4.62. The number of hydrogen-bond acceptors (Lipinski definition) is 3. The highest BCUT2D eigenvalue weighted by Gasteiger charge is 2.09. The Bertz CT molecular complexity index is 267.